The van der Waals surface area contributed by atoms with Crippen LogP contribution in [0.2, 0.25) is 0 Å². The molecule has 0 atom stereocenters. The Balaban J connectivity index is 2.78. The van der Waals surface area contributed by atoms with Crippen LogP contribution in [0.5, 0.6) is 0 Å². The number of nitrogens with zero attached hydrogens (tertiary/aromatic N) is 4. The lowest BCUT2D eigenvalue weighted by Gasteiger charge is -2.01. The number of aromatic amines is 1. The van der Waals surface area contributed by atoms with Crippen molar-refractivity contribution in [1.29, 1.82) is 0 Å². The normalized spacial score (nSPS) is 10.7. The fourth-order valence-electron chi connectivity index (χ4n) is 1.47. The number of hydrogen-bond acceptors (Lipinski definition) is 4. The highest BCUT2D eigenvalue weighted by Crippen LogP contribution is 2.27. The van der Waals surface area contributed by atoms with E-state index < -0.39 is 0 Å². The largest absolute Gasteiger partial charge is 0.305 e. The predicted molar refractivity (Wildman–Crippen MR) is 63.1 cm³/mol. The Bertz CT molecular complexity index is 635. The predicted octanol–water partition coefficient (Wildman–Crippen LogP) is 3.05. The van der Waals surface area contributed by atoms with Gasteiger partial charge in [0.15, 0.2) is 5.95 Å². The smallest absolute Gasteiger partial charge is 0.260 e. The molecule has 0 aromatic carbocycles. The minimum absolute atomic E-state index is 0.0113. The zero-order chi connectivity index (χ0) is 11.7. The highest BCUT2D eigenvalue weighted by atomic mass is 32.1. The Morgan fingerprint density at radius 1 is 1.62 bits per heavy atom. The first-order chi connectivity index (χ1) is 7.63. The fraction of sp³-hybridized carbons (Fsp3) is 0.333. The van der Waals surface area contributed by atoms with Crippen LogP contribution >= 0.6 is 11.3 Å². The number of rotatable bonds is 2. The lowest BCUT2D eigenvalue weighted by atomic mass is 10.0. The first-order valence-electron chi connectivity index (χ1n) is 4.70. The Kier molecular flexibility index (Phi) is 2.64. The molecule has 0 aliphatic rings. The number of nitrogens with one attached hydrogen (secondary N) is 1. The van der Waals surface area contributed by atoms with Gasteiger partial charge in [-0.05, 0) is 27.5 Å². The van der Waals surface area contributed by atoms with Crippen LogP contribution in [0.4, 0.5) is 5.95 Å². The Morgan fingerprint density at radius 2 is 2.38 bits per heavy atom. The zero-order valence-electron chi connectivity index (χ0n) is 8.76. The molecule has 0 aliphatic heterocycles. The minimum atomic E-state index is -0.252. The lowest BCUT2D eigenvalue weighted by molar-refractivity contribution is 0.878. The summed E-state index contributed by atoms with van der Waals surface area (Å²) in [6.45, 7) is 4.03. The molecule has 7 heteroatoms. The van der Waals surface area contributed by atoms with E-state index in [4.69, 9.17) is 5.53 Å². The van der Waals surface area contributed by atoms with Crippen LogP contribution in [0.3, 0.4) is 0 Å². The van der Waals surface area contributed by atoms with Crippen molar-refractivity contribution in [3.63, 3.8) is 0 Å². The molecule has 1 N–H and O–H groups in total. The van der Waals surface area contributed by atoms with Gasteiger partial charge in [-0.15, -0.1) is 11.3 Å². The average Bonchev–Trinajstić information content (AvgIpc) is 2.62. The van der Waals surface area contributed by atoms with Crippen molar-refractivity contribution >= 4 is 27.5 Å². The molecule has 0 bridgehead atoms. The summed E-state index contributed by atoms with van der Waals surface area (Å²) in [6.07, 6.45) is 0. The Morgan fingerprint density at radius 3 is 3.00 bits per heavy atom. The van der Waals surface area contributed by atoms with E-state index in [1.807, 2.05) is 19.2 Å². The van der Waals surface area contributed by atoms with Crippen molar-refractivity contribution < 1.29 is 0 Å². The molecule has 16 heavy (non-hydrogen) atoms. The lowest BCUT2D eigenvalue weighted by Crippen LogP contribution is -2.07. The summed E-state index contributed by atoms with van der Waals surface area (Å²) < 4.78 is 0. The van der Waals surface area contributed by atoms with E-state index >= 15 is 0 Å². The van der Waals surface area contributed by atoms with Crippen LogP contribution in [0.15, 0.2) is 15.3 Å². The highest BCUT2D eigenvalue weighted by Gasteiger charge is 2.12. The van der Waals surface area contributed by atoms with E-state index in [1.54, 1.807) is 0 Å². The van der Waals surface area contributed by atoms with E-state index in [0.717, 1.165) is 5.56 Å². The molecule has 2 heterocycles. The van der Waals surface area contributed by atoms with Gasteiger partial charge in [-0.3, -0.25) is 4.79 Å². The molecule has 0 amide bonds. The number of azide groups is 1. The summed E-state index contributed by atoms with van der Waals surface area (Å²) in [7, 11) is 0. The van der Waals surface area contributed by atoms with Crippen molar-refractivity contribution in [1.82, 2.24) is 9.97 Å². The number of H-pyrrole nitrogens is 1. The van der Waals surface area contributed by atoms with Gasteiger partial charge in [0.2, 0.25) is 0 Å². The van der Waals surface area contributed by atoms with Crippen molar-refractivity contribution in [2.24, 2.45) is 5.11 Å². The summed E-state index contributed by atoms with van der Waals surface area (Å²) in [4.78, 5) is 21.5. The maximum Gasteiger partial charge on any atom is 0.260 e. The first-order valence-corrected chi connectivity index (χ1v) is 5.58. The van der Waals surface area contributed by atoms with Crippen molar-refractivity contribution in [3.05, 3.63) is 31.7 Å². The van der Waals surface area contributed by atoms with Crippen LogP contribution in [0, 0.1) is 0 Å². The van der Waals surface area contributed by atoms with E-state index in [1.165, 1.54) is 11.3 Å². The van der Waals surface area contributed by atoms with E-state index in [0.29, 0.717) is 10.2 Å². The summed E-state index contributed by atoms with van der Waals surface area (Å²) in [6, 6.07) is 0. The van der Waals surface area contributed by atoms with Crippen molar-refractivity contribution in [3.8, 4) is 0 Å². The van der Waals surface area contributed by atoms with Gasteiger partial charge < -0.3 is 4.98 Å². The molecule has 82 valence electrons. The molecule has 0 unspecified atom stereocenters. The summed E-state index contributed by atoms with van der Waals surface area (Å²) in [5, 5.41) is 5.80. The first kappa shape index (κ1) is 10.7. The molecule has 0 fully saturated rings. The van der Waals surface area contributed by atoms with Gasteiger partial charge in [0.05, 0.1) is 5.39 Å². The van der Waals surface area contributed by atoms with Gasteiger partial charge in [0.1, 0.15) is 4.83 Å². The molecule has 0 radical (unpaired) electrons. The monoisotopic (exact) mass is 235 g/mol. The van der Waals surface area contributed by atoms with Crippen molar-refractivity contribution in [2.45, 2.75) is 19.8 Å². The molecular weight excluding hydrogens is 226 g/mol. The molecule has 0 aliphatic carbocycles. The third-order valence-electron chi connectivity index (χ3n) is 2.22. The summed E-state index contributed by atoms with van der Waals surface area (Å²) >= 11 is 1.38. The summed E-state index contributed by atoms with van der Waals surface area (Å²) in [5.74, 6) is 0.277. The van der Waals surface area contributed by atoms with Crippen LogP contribution < -0.4 is 5.56 Å². The number of hydrogen-bond donors (Lipinski definition) is 1. The molecule has 6 nitrogen and oxygen atoms in total. The van der Waals surface area contributed by atoms with Crippen LogP contribution in [-0.4, -0.2) is 9.97 Å². The quantitative estimate of drug-likeness (QED) is 0.492. The van der Waals surface area contributed by atoms with Gasteiger partial charge in [0.25, 0.3) is 5.56 Å². The third kappa shape index (κ3) is 1.66. The van der Waals surface area contributed by atoms with Crippen LogP contribution in [-0.2, 0) is 0 Å². The molecule has 0 spiro atoms. The van der Waals surface area contributed by atoms with E-state index in [9.17, 15) is 4.79 Å². The molecule has 2 aromatic rings. The summed E-state index contributed by atoms with van der Waals surface area (Å²) in [5.41, 5.74) is 9.00. The third-order valence-corrected chi connectivity index (χ3v) is 3.11. The van der Waals surface area contributed by atoms with Gasteiger partial charge in [-0.25, -0.2) is 4.98 Å². The standard InChI is InChI=1S/C9H9N5OS/c1-4(2)5-3-16-8-6(5)7(15)11-9(12-8)13-14-10/h3-4H,1-2H3,(H,11,12,15). The van der Waals surface area contributed by atoms with Crippen LogP contribution in [0.25, 0.3) is 20.7 Å². The van der Waals surface area contributed by atoms with Crippen molar-refractivity contribution in [2.75, 3.05) is 0 Å². The number of aromatic nitrogens is 2. The second kappa shape index (κ2) is 3.96. The molecular formula is C9H9N5OS. The highest BCUT2D eigenvalue weighted by molar-refractivity contribution is 7.16. The molecule has 2 aromatic heterocycles. The zero-order valence-corrected chi connectivity index (χ0v) is 9.58. The van der Waals surface area contributed by atoms with Gasteiger partial charge in [0, 0.05) is 4.91 Å². The van der Waals surface area contributed by atoms with Gasteiger partial charge >= 0.3 is 0 Å². The molecule has 0 saturated heterocycles. The maximum absolute atomic E-state index is 11.8. The topological polar surface area (TPSA) is 94.5 Å². The van der Waals surface area contributed by atoms with Gasteiger partial charge in [-0.2, -0.15) is 0 Å². The van der Waals surface area contributed by atoms with E-state index in [-0.39, 0.29) is 17.4 Å². The molecule has 2 rings (SSSR count). The Hall–Kier alpha value is -1.85. The van der Waals surface area contributed by atoms with Crippen LogP contribution in [0.1, 0.15) is 25.3 Å². The average molecular weight is 235 g/mol. The maximum atomic E-state index is 11.8. The number of thiophene rings is 1. The SMILES string of the molecule is CC(C)c1csc2nc(N=[N+]=[N-])[nH]c(=O)c12. The van der Waals surface area contributed by atoms with E-state index in [2.05, 4.69) is 20.0 Å². The number of fused-ring (bicyclic) bond motifs is 1. The fourth-order valence-corrected chi connectivity index (χ4v) is 2.57. The second-order valence-electron chi connectivity index (χ2n) is 3.60. The second-order valence-corrected chi connectivity index (χ2v) is 4.46. The molecule has 0 saturated carbocycles. The minimum Gasteiger partial charge on any atom is -0.305 e. The van der Waals surface area contributed by atoms with Gasteiger partial charge in [-0.1, -0.05) is 13.8 Å². The Labute approximate surface area is 94.6 Å².